The van der Waals surface area contributed by atoms with E-state index in [1.165, 1.54) is 49.7 Å². The van der Waals surface area contributed by atoms with Crippen LogP contribution in [0.5, 0.6) is 0 Å². The molecule has 3 N–H and O–H groups in total. The number of primary amides is 1. The number of nitrogens with zero attached hydrogens (tertiary/aromatic N) is 1. The minimum Gasteiger partial charge on any atom is -0.350 e. The number of amides is 2. The number of nitrogens with one attached hydrogen (secondary N) is 1. The first-order chi connectivity index (χ1) is 13.1. The fraction of sp³-hybridized carbons (Fsp3) is 0.750. The molecule has 0 aromatic heterocycles. The van der Waals surface area contributed by atoms with Gasteiger partial charge in [0.1, 0.15) is 0 Å². The summed E-state index contributed by atoms with van der Waals surface area (Å²) in [5.41, 5.74) is 12.0. The van der Waals surface area contributed by atoms with Crippen LogP contribution in [0.3, 0.4) is 0 Å². The van der Waals surface area contributed by atoms with Crippen LogP contribution in [-0.2, 0) is 0 Å². The van der Waals surface area contributed by atoms with Gasteiger partial charge in [-0.25, -0.2) is 10.2 Å². The van der Waals surface area contributed by atoms with Crippen LogP contribution >= 0.6 is 0 Å². The van der Waals surface area contributed by atoms with Crippen LogP contribution in [-0.4, -0.2) is 11.7 Å². The molecule has 0 radical (unpaired) electrons. The second-order valence-electron chi connectivity index (χ2n) is 10.1. The summed E-state index contributed by atoms with van der Waals surface area (Å²) in [6.07, 6.45) is 13.1. The maximum absolute atomic E-state index is 10.7. The summed E-state index contributed by atoms with van der Waals surface area (Å²) >= 11 is 0. The van der Waals surface area contributed by atoms with E-state index in [4.69, 9.17) is 5.73 Å². The first-order valence-electron chi connectivity index (χ1n) is 11.0. The number of urea groups is 1. The molecule has 158 valence electrons. The van der Waals surface area contributed by atoms with Crippen molar-refractivity contribution in [2.75, 3.05) is 0 Å². The third kappa shape index (κ3) is 5.48. The average molecular weight is 388 g/mol. The number of hydrogen-bond acceptors (Lipinski definition) is 2. The van der Waals surface area contributed by atoms with E-state index in [-0.39, 0.29) is 0 Å². The van der Waals surface area contributed by atoms with Crippen molar-refractivity contribution in [2.24, 2.45) is 33.5 Å². The first kappa shape index (κ1) is 22.7. The van der Waals surface area contributed by atoms with Crippen molar-refractivity contribution >= 4 is 11.7 Å². The SMILES string of the molecule is C=C1CC[C@H]2C(C)(C)CCC[C@]2(C)[C@@H]1CC/C(C)=C\CC/C(C)=N/NC(N)=O. The molecule has 2 aliphatic carbocycles. The minimum absolute atomic E-state index is 0.418. The molecular formula is C24H41N3O. The Kier molecular flexibility index (Phi) is 7.52. The number of fused-ring (bicyclic) bond motifs is 1. The summed E-state index contributed by atoms with van der Waals surface area (Å²) in [4.78, 5) is 10.7. The lowest BCUT2D eigenvalue weighted by molar-refractivity contribution is -0.0539. The fourth-order valence-corrected chi connectivity index (χ4v) is 6.02. The summed E-state index contributed by atoms with van der Waals surface area (Å²) in [6, 6.07) is -0.614. The van der Waals surface area contributed by atoms with Crippen LogP contribution in [0.1, 0.15) is 92.4 Å². The second-order valence-corrected chi connectivity index (χ2v) is 10.1. The van der Waals surface area contributed by atoms with Crippen LogP contribution in [0, 0.1) is 22.7 Å². The van der Waals surface area contributed by atoms with E-state index < -0.39 is 6.03 Å². The molecular weight excluding hydrogens is 346 g/mol. The maximum atomic E-state index is 10.7. The minimum atomic E-state index is -0.614. The van der Waals surface area contributed by atoms with Crippen molar-refractivity contribution in [2.45, 2.75) is 92.4 Å². The average Bonchev–Trinajstić information content (AvgIpc) is 2.58. The zero-order chi connectivity index (χ0) is 20.9. The van der Waals surface area contributed by atoms with Crippen LogP contribution in [0.4, 0.5) is 4.79 Å². The smallest absolute Gasteiger partial charge is 0.332 e. The topological polar surface area (TPSA) is 67.5 Å². The molecule has 0 aliphatic heterocycles. The van der Waals surface area contributed by atoms with Gasteiger partial charge in [-0.2, -0.15) is 5.10 Å². The highest BCUT2D eigenvalue weighted by molar-refractivity contribution is 5.83. The van der Waals surface area contributed by atoms with Gasteiger partial charge >= 0.3 is 6.03 Å². The zero-order valence-electron chi connectivity index (χ0n) is 18.7. The molecule has 0 aromatic carbocycles. The van der Waals surface area contributed by atoms with E-state index in [1.807, 2.05) is 6.92 Å². The Balaban J connectivity index is 1.93. The van der Waals surface area contributed by atoms with Crippen LogP contribution in [0.2, 0.25) is 0 Å². The van der Waals surface area contributed by atoms with Crippen molar-refractivity contribution < 1.29 is 4.79 Å². The predicted octanol–water partition coefficient (Wildman–Crippen LogP) is 6.34. The quantitative estimate of drug-likeness (QED) is 0.299. The number of carbonyl (C=O) groups excluding carboxylic acids is 1. The number of rotatable bonds is 7. The lowest BCUT2D eigenvalue weighted by Gasteiger charge is -2.58. The van der Waals surface area contributed by atoms with Gasteiger partial charge < -0.3 is 5.73 Å². The monoisotopic (exact) mass is 387 g/mol. The molecule has 2 aliphatic rings. The highest BCUT2D eigenvalue weighted by Gasteiger charge is 2.52. The Bertz CT molecular complexity index is 646. The van der Waals surface area contributed by atoms with Gasteiger partial charge in [-0.1, -0.05) is 51.0 Å². The van der Waals surface area contributed by atoms with Gasteiger partial charge in [0.05, 0.1) is 0 Å². The molecule has 0 bridgehead atoms. The molecule has 0 heterocycles. The van der Waals surface area contributed by atoms with Gasteiger partial charge in [0.15, 0.2) is 0 Å². The van der Waals surface area contributed by atoms with Gasteiger partial charge in [0.25, 0.3) is 0 Å². The predicted molar refractivity (Wildman–Crippen MR) is 119 cm³/mol. The highest BCUT2D eigenvalue weighted by atomic mass is 16.2. The third-order valence-corrected chi connectivity index (χ3v) is 7.50. The summed E-state index contributed by atoms with van der Waals surface area (Å²) < 4.78 is 0. The molecule has 0 spiro atoms. The molecule has 2 saturated carbocycles. The largest absolute Gasteiger partial charge is 0.350 e. The van der Waals surface area contributed by atoms with Gasteiger partial charge in [-0.05, 0) is 87.9 Å². The van der Waals surface area contributed by atoms with Gasteiger partial charge in [-0.15, -0.1) is 0 Å². The van der Waals surface area contributed by atoms with E-state index >= 15 is 0 Å². The van der Waals surface area contributed by atoms with E-state index in [0.717, 1.165) is 30.9 Å². The Morgan fingerprint density at radius 2 is 2.00 bits per heavy atom. The van der Waals surface area contributed by atoms with Crippen molar-refractivity contribution in [1.29, 1.82) is 0 Å². The van der Waals surface area contributed by atoms with Gasteiger partial charge in [0.2, 0.25) is 0 Å². The molecule has 0 aromatic rings. The number of hydrazone groups is 1. The summed E-state index contributed by atoms with van der Waals surface area (Å²) in [5, 5.41) is 3.97. The molecule has 2 fully saturated rings. The summed E-state index contributed by atoms with van der Waals surface area (Å²) in [5.74, 6) is 1.47. The lowest BCUT2D eigenvalue weighted by atomic mass is 9.47. The Hall–Kier alpha value is -1.58. The molecule has 2 amide bonds. The number of carbonyl (C=O) groups is 1. The Morgan fingerprint density at radius 1 is 1.29 bits per heavy atom. The van der Waals surface area contributed by atoms with Gasteiger partial charge in [0, 0.05) is 5.71 Å². The van der Waals surface area contributed by atoms with E-state index in [1.54, 1.807) is 0 Å². The fourth-order valence-electron chi connectivity index (χ4n) is 6.02. The van der Waals surface area contributed by atoms with E-state index in [9.17, 15) is 4.79 Å². The van der Waals surface area contributed by atoms with Crippen LogP contribution < -0.4 is 11.2 Å². The van der Waals surface area contributed by atoms with Gasteiger partial charge in [-0.3, -0.25) is 0 Å². The van der Waals surface area contributed by atoms with E-state index in [0.29, 0.717) is 16.7 Å². The third-order valence-electron chi connectivity index (χ3n) is 7.50. The molecule has 4 nitrogen and oxygen atoms in total. The Labute approximate surface area is 172 Å². The highest BCUT2D eigenvalue weighted by Crippen LogP contribution is 2.61. The molecule has 0 saturated heterocycles. The van der Waals surface area contributed by atoms with Crippen molar-refractivity contribution in [3.05, 3.63) is 23.8 Å². The number of allylic oxidation sites excluding steroid dienone is 3. The standard InChI is InChI=1S/C24H41N3O/c1-17(9-7-10-19(3)26-27-22(25)28)11-13-20-18(2)12-14-21-23(4,5)15-8-16-24(20,21)6/h9,20-21H,2,7-8,10-16H2,1,3-6H3,(H3,25,27,28)/b17-9-,26-19+/t20-,21+,24-/m1/s1. The normalized spacial score (nSPS) is 30.7. The molecule has 0 unspecified atom stereocenters. The summed E-state index contributed by atoms with van der Waals surface area (Å²) in [6.45, 7) is 16.2. The zero-order valence-corrected chi connectivity index (χ0v) is 18.7. The molecule has 4 heteroatoms. The number of nitrogens with two attached hydrogens (primary N) is 1. The van der Waals surface area contributed by atoms with E-state index in [2.05, 4.69) is 50.9 Å². The first-order valence-corrected chi connectivity index (χ1v) is 11.0. The van der Waals surface area contributed by atoms with Crippen molar-refractivity contribution in [3.8, 4) is 0 Å². The maximum Gasteiger partial charge on any atom is 0.332 e. The lowest BCUT2D eigenvalue weighted by Crippen LogP contribution is -2.49. The van der Waals surface area contributed by atoms with Crippen molar-refractivity contribution in [3.63, 3.8) is 0 Å². The van der Waals surface area contributed by atoms with Crippen molar-refractivity contribution in [1.82, 2.24) is 5.43 Å². The second kappa shape index (κ2) is 9.28. The molecule has 2 rings (SSSR count). The molecule has 3 atom stereocenters. The number of hydrogen-bond donors (Lipinski definition) is 2. The van der Waals surface area contributed by atoms with Crippen LogP contribution in [0.15, 0.2) is 28.9 Å². The molecule has 28 heavy (non-hydrogen) atoms. The summed E-state index contributed by atoms with van der Waals surface area (Å²) in [7, 11) is 0. The Morgan fingerprint density at radius 3 is 2.68 bits per heavy atom. The van der Waals surface area contributed by atoms with Crippen LogP contribution in [0.25, 0.3) is 0 Å².